The second-order valence-corrected chi connectivity index (χ2v) is 9.99. The molecule has 0 bridgehead atoms. The van der Waals surface area contributed by atoms with Gasteiger partial charge in [-0.05, 0) is 73.3 Å². The highest BCUT2D eigenvalue weighted by atomic mass is 19.1. The van der Waals surface area contributed by atoms with Crippen LogP contribution >= 0.6 is 0 Å². The minimum absolute atomic E-state index is 0.185. The van der Waals surface area contributed by atoms with Gasteiger partial charge in [0.2, 0.25) is 0 Å². The predicted octanol–water partition coefficient (Wildman–Crippen LogP) is 8.30. The Bertz CT molecular complexity index is 1180. The summed E-state index contributed by atoms with van der Waals surface area (Å²) in [5.41, 5.74) is 6.47. The van der Waals surface area contributed by atoms with Gasteiger partial charge in [0.1, 0.15) is 11.2 Å². The molecule has 3 aromatic rings. The zero-order valence-corrected chi connectivity index (χ0v) is 21.2. The lowest BCUT2D eigenvalue weighted by atomic mass is 9.79. The van der Waals surface area contributed by atoms with Crippen LogP contribution in [0, 0.1) is 17.1 Å². The van der Waals surface area contributed by atoms with Crippen molar-refractivity contribution >= 4 is 0 Å². The van der Waals surface area contributed by atoms with Gasteiger partial charge in [0, 0.05) is 11.3 Å². The highest BCUT2D eigenvalue weighted by Gasteiger charge is 2.43. The Balaban J connectivity index is 1.92. The number of nitriles is 1. The number of rotatable bonds is 11. The van der Waals surface area contributed by atoms with Crippen LogP contribution < -0.4 is 0 Å². The van der Waals surface area contributed by atoms with Crippen molar-refractivity contribution in [3.05, 3.63) is 88.5 Å². The second kappa shape index (κ2) is 11.6. The molecule has 0 N–H and O–H groups in total. The smallest absolute Gasteiger partial charge is 0.131 e. The zero-order chi connectivity index (χ0) is 24.7. The fraction of sp³-hybridized carbons (Fsp3) is 0.438. The van der Waals surface area contributed by atoms with E-state index in [2.05, 4.69) is 32.0 Å². The Kier molecular flexibility index (Phi) is 8.34. The Morgan fingerprint density at radius 1 is 0.914 bits per heavy atom. The molecule has 4 rings (SSSR count). The molecule has 3 heteroatoms. The number of pyridine rings is 1. The summed E-state index contributed by atoms with van der Waals surface area (Å²) in [6.07, 6.45) is 10.7. The quantitative estimate of drug-likeness (QED) is 0.265. The van der Waals surface area contributed by atoms with Crippen LogP contribution in [0.3, 0.4) is 0 Å². The third kappa shape index (κ3) is 5.32. The summed E-state index contributed by atoms with van der Waals surface area (Å²) in [7, 11) is 0. The molecular weight excluding hydrogens is 431 g/mol. The van der Waals surface area contributed by atoms with Crippen molar-refractivity contribution in [1.29, 1.82) is 5.26 Å². The van der Waals surface area contributed by atoms with Crippen LogP contribution in [0.4, 0.5) is 4.39 Å². The average Bonchev–Trinajstić information content (AvgIpc) is 3.23. The van der Waals surface area contributed by atoms with Gasteiger partial charge >= 0.3 is 0 Å². The minimum Gasteiger partial charge on any atom is -0.256 e. The number of aryl methyl sites for hydroxylation is 1. The first-order chi connectivity index (χ1) is 17.1. The van der Waals surface area contributed by atoms with Gasteiger partial charge in [0.05, 0.1) is 11.8 Å². The minimum atomic E-state index is -0.669. The third-order valence-electron chi connectivity index (χ3n) is 7.49. The van der Waals surface area contributed by atoms with Crippen molar-refractivity contribution in [2.45, 2.75) is 89.9 Å². The van der Waals surface area contributed by atoms with Crippen LogP contribution in [0.2, 0.25) is 0 Å². The van der Waals surface area contributed by atoms with Gasteiger partial charge in [-0.1, -0.05) is 88.1 Å². The highest BCUT2D eigenvalue weighted by molar-refractivity contribution is 5.75. The van der Waals surface area contributed by atoms with Gasteiger partial charge in [-0.15, -0.1) is 0 Å². The van der Waals surface area contributed by atoms with E-state index in [1.54, 1.807) is 12.1 Å². The summed E-state index contributed by atoms with van der Waals surface area (Å²) < 4.78 is 15.3. The summed E-state index contributed by atoms with van der Waals surface area (Å²) in [5.74, 6) is -0.185. The summed E-state index contributed by atoms with van der Waals surface area (Å²) in [6.45, 7) is 4.43. The largest absolute Gasteiger partial charge is 0.256 e. The molecule has 0 amide bonds. The molecule has 1 aromatic heterocycles. The van der Waals surface area contributed by atoms with E-state index >= 15 is 4.39 Å². The van der Waals surface area contributed by atoms with Gasteiger partial charge in [0.15, 0.2) is 0 Å². The van der Waals surface area contributed by atoms with E-state index in [0.29, 0.717) is 12.0 Å². The maximum atomic E-state index is 15.3. The first-order valence-electron chi connectivity index (χ1n) is 13.4. The molecule has 2 nitrogen and oxygen atoms in total. The molecule has 1 atom stereocenters. The molecule has 1 unspecified atom stereocenters. The van der Waals surface area contributed by atoms with Crippen LogP contribution in [0.15, 0.2) is 54.6 Å². The fourth-order valence-electron chi connectivity index (χ4n) is 5.63. The standard InChI is InChI=1S/C32H37FN2/c1-3-5-8-17-26-29(19-9-6-4-2)35-31-27(30(26)25-16-12-13-18-28(25)33)20-21-32(31,23-34)22-24-14-10-7-11-15-24/h7,10-16,18H,3-6,8-9,17,19-22H2,1-2H3. The van der Waals surface area contributed by atoms with Gasteiger partial charge in [-0.3, -0.25) is 4.98 Å². The molecular formula is C32H37FN2. The van der Waals surface area contributed by atoms with E-state index in [0.717, 1.165) is 92.3 Å². The van der Waals surface area contributed by atoms with Crippen LogP contribution in [0.1, 0.15) is 86.9 Å². The number of unbranched alkanes of at least 4 members (excludes halogenated alkanes) is 4. The molecule has 1 aliphatic rings. The lowest BCUT2D eigenvalue weighted by Crippen LogP contribution is -2.26. The van der Waals surface area contributed by atoms with Crippen LogP contribution in [0.5, 0.6) is 0 Å². The average molecular weight is 469 g/mol. The van der Waals surface area contributed by atoms with Crippen LogP contribution in [0.25, 0.3) is 11.1 Å². The Morgan fingerprint density at radius 2 is 1.60 bits per heavy atom. The van der Waals surface area contributed by atoms with Gasteiger partial charge < -0.3 is 0 Å². The van der Waals surface area contributed by atoms with Gasteiger partial charge in [-0.2, -0.15) is 5.26 Å². The number of hydrogen-bond donors (Lipinski definition) is 0. The number of aromatic nitrogens is 1. The number of nitrogens with zero attached hydrogens (tertiary/aromatic N) is 2. The van der Waals surface area contributed by atoms with Gasteiger partial charge in [-0.25, -0.2) is 4.39 Å². The summed E-state index contributed by atoms with van der Waals surface area (Å²) in [5, 5.41) is 10.5. The fourth-order valence-corrected chi connectivity index (χ4v) is 5.63. The van der Waals surface area contributed by atoms with Crippen molar-refractivity contribution in [2.75, 3.05) is 0 Å². The van der Waals surface area contributed by atoms with E-state index < -0.39 is 5.41 Å². The SMILES string of the molecule is CCCCCc1nc2c(c(-c3ccccc3F)c1CCCCC)CCC2(C#N)Cc1ccccc1. The summed E-state index contributed by atoms with van der Waals surface area (Å²) in [6, 6.07) is 20.1. The van der Waals surface area contributed by atoms with E-state index in [1.165, 1.54) is 5.56 Å². The second-order valence-electron chi connectivity index (χ2n) is 9.99. The van der Waals surface area contributed by atoms with Crippen molar-refractivity contribution in [1.82, 2.24) is 4.98 Å². The number of hydrogen-bond acceptors (Lipinski definition) is 2. The first kappa shape index (κ1) is 25.1. The molecule has 2 aromatic carbocycles. The summed E-state index contributed by atoms with van der Waals surface area (Å²) >= 11 is 0. The number of halogens is 1. The molecule has 1 heterocycles. The van der Waals surface area contributed by atoms with Crippen molar-refractivity contribution in [2.24, 2.45) is 0 Å². The molecule has 182 valence electrons. The third-order valence-corrected chi connectivity index (χ3v) is 7.49. The molecule has 1 aliphatic carbocycles. The molecule has 0 saturated carbocycles. The lowest BCUT2D eigenvalue weighted by molar-refractivity contribution is 0.526. The van der Waals surface area contributed by atoms with Crippen molar-refractivity contribution < 1.29 is 4.39 Å². The molecule has 0 aliphatic heterocycles. The van der Waals surface area contributed by atoms with E-state index in [9.17, 15) is 5.26 Å². The summed E-state index contributed by atoms with van der Waals surface area (Å²) in [4.78, 5) is 5.30. The Morgan fingerprint density at radius 3 is 2.29 bits per heavy atom. The predicted molar refractivity (Wildman–Crippen MR) is 142 cm³/mol. The van der Waals surface area contributed by atoms with Crippen molar-refractivity contribution in [3.63, 3.8) is 0 Å². The molecule has 0 radical (unpaired) electrons. The Hall–Kier alpha value is -2.99. The maximum Gasteiger partial charge on any atom is 0.131 e. The van der Waals surface area contributed by atoms with Gasteiger partial charge in [0.25, 0.3) is 0 Å². The van der Waals surface area contributed by atoms with Crippen LogP contribution in [-0.2, 0) is 31.1 Å². The molecule has 35 heavy (non-hydrogen) atoms. The number of fused-ring (bicyclic) bond motifs is 1. The number of benzene rings is 2. The maximum absolute atomic E-state index is 15.3. The monoisotopic (exact) mass is 468 g/mol. The van der Waals surface area contributed by atoms with E-state index in [-0.39, 0.29) is 5.82 Å². The lowest BCUT2D eigenvalue weighted by Gasteiger charge is -2.25. The molecule has 0 spiro atoms. The van der Waals surface area contributed by atoms with Crippen molar-refractivity contribution in [3.8, 4) is 17.2 Å². The van der Waals surface area contributed by atoms with E-state index in [4.69, 9.17) is 4.98 Å². The van der Waals surface area contributed by atoms with E-state index in [1.807, 2.05) is 30.3 Å². The molecule has 0 saturated heterocycles. The normalized spacial score (nSPS) is 16.7. The Labute approximate surface area is 210 Å². The highest BCUT2D eigenvalue weighted by Crippen LogP contribution is 2.46. The topological polar surface area (TPSA) is 36.7 Å². The zero-order valence-electron chi connectivity index (χ0n) is 21.2. The first-order valence-corrected chi connectivity index (χ1v) is 13.4. The molecule has 0 fully saturated rings. The van der Waals surface area contributed by atoms with Crippen LogP contribution in [-0.4, -0.2) is 4.98 Å².